The van der Waals surface area contributed by atoms with Gasteiger partial charge < -0.3 is 19.9 Å². The second-order valence-corrected chi connectivity index (χ2v) is 6.60. The molecule has 1 aromatic heterocycles. The number of ketones is 1. The topological polar surface area (TPSA) is 124 Å². The number of hydrogen-bond donors (Lipinski definition) is 2. The summed E-state index contributed by atoms with van der Waals surface area (Å²) in [5.74, 6) is 0.641. The molecule has 3 aromatic rings. The predicted octanol–water partition coefficient (Wildman–Crippen LogP) is 4.14. The maximum absolute atomic E-state index is 12.8. The Hall–Kier alpha value is -4.24. The zero-order chi connectivity index (χ0) is 23.1. The third-order valence-electron chi connectivity index (χ3n) is 4.62. The molecule has 32 heavy (non-hydrogen) atoms. The molecule has 9 heteroatoms. The molecule has 0 fully saturated rings. The van der Waals surface area contributed by atoms with E-state index < -0.39 is 4.92 Å². The lowest BCUT2D eigenvalue weighted by Crippen LogP contribution is -2.04. The first kappa shape index (κ1) is 22.4. The second-order valence-electron chi connectivity index (χ2n) is 6.60. The van der Waals surface area contributed by atoms with Crippen molar-refractivity contribution in [2.45, 2.75) is 6.61 Å². The number of benzene rings is 2. The van der Waals surface area contributed by atoms with E-state index in [4.69, 9.17) is 9.47 Å². The molecule has 0 radical (unpaired) electrons. The lowest BCUT2D eigenvalue weighted by Gasteiger charge is -2.12. The smallest absolute Gasteiger partial charge is 0.311 e. The molecule has 2 aromatic carbocycles. The molecule has 0 saturated heterocycles. The van der Waals surface area contributed by atoms with Gasteiger partial charge in [0.2, 0.25) is 0 Å². The van der Waals surface area contributed by atoms with Crippen LogP contribution in [0.3, 0.4) is 0 Å². The van der Waals surface area contributed by atoms with Gasteiger partial charge in [-0.15, -0.1) is 0 Å². The third kappa shape index (κ3) is 5.08. The van der Waals surface area contributed by atoms with Crippen LogP contribution in [-0.4, -0.2) is 35.0 Å². The van der Waals surface area contributed by atoms with Crippen LogP contribution in [0.5, 0.6) is 11.5 Å². The third-order valence-corrected chi connectivity index (χ3v) is 4.62. The normalized spacial score (nSPS) is 10.7. The van der Waals surface area contributed by atoms with Crippen molar-refractivity contribution in [1.82, 2.24) is 4.98 Å². The van der Waals surface area contributed by atoms with Crippen molar-refractivity contribution in [3.8, 4) is 11.5 Å². The highest BCUT2D eigenvalue weighted by molar-refractivity contribution is 6.10. The van der Waals surface area contributed by atoms with E-state index in [0.29, 0.717) is 33.9 Å². The Labute approximate surface area is 184 Å². The Morgan fingerprint density at radius 3 is 2.62 bits per heavy atom. The summed E-state index contributed by atoms with van der Waals surface area (Å²) in [5, 5.41) is 23.6. The molecule has 2 N–H and O–H groups in total. The number of allylic oxidation sites excluding steroid dienone is 1. The van der Waals surface area contributed by atoms with Crippen LogP contribution in [0.2, 0.25) is 0 Å². The second kappa shape index (κ2) is 10.2. The van der Waals surface area contributed by atoms with Crippen LogP contribution in [0.4, 0.5) is 17.2 Å². The summed E-state index contributed by atoms with van der Waals surface area (Å²) < 4.78 is 10.3. The van der Waals surface area contributed by atoms with Crippen molar-refractivity contribution in [3.63, 3.8) is 0 Å². The lowest BCUT2D eigenvalue weighted by atomic mass is 10.1. The Balaban J connectivity index is 1.85. The predicted molar refractivity (Wildman–Crippen MR) is 119 cm³/mol. The van der Waals surface area contributed by atoms with E-state index in [1.807, 2.05) is 0 Å². The minimum absolute atomic E-state index is 0.139. The van der Waals surface area contributed by atoms with E-state index in [1.165, 1.54) is 38.5 Å². The molecular formula is C23H21N3O6. The maximum atomic E-state index is 12.8. The first-order chi connectivity index (χ1) is 15.5. The van der Waals surface area contributed by atoms with Crippen molar-refractivity contribution in [1.29, 1.82) is 0 Å². The van der Waals surface area contributed by atoms with Crippen molar-refractivity contribution < 1.29 is 24.3 Å². The highest BCUT2D eigenvalue weighted by Crippen LogP contribution is 2.29. The largest absolute Gasteiger partial charge is 0.496 e. The van der Waals surface area contributed by atoms with Gasteiger partial charge in [-0.2, -0.15) is 0 Å². The number of nitrogens with one attached hydrogen (secondary N) is 1. The highest BCUT2D eigenvalue weighted by Gasteiger charge is 2.15. The van der Waals surface area contributed by atoms with E-state index in [2.05, 4.69) is 10.3 Å². The molecule has 0 aliphatic heterocycles. The standard InChI is InChI=1S/C23H21N3O6/c1-31-21-10-6-15(12-19(21)26(29)30)5-9-20(28)18-4-3-11-24-23(18)25-17-8-7-16(14-27)22(13-17)32-2/h3-13,27H,14H2,1-2H3,(H,24,25)/b9-5+. The number of nitro benzene ring substituents is 1. The fraction of sp³-hybridized carbons (Fsp3) is 0.130. The fourth-order valence-electron chi connectivity index (χ4n) is 3.01. The summed E-state index contributed by atoms with van der Waals surface area (Å²) >= 11 is 0. The quantitative estimate of drug-likeness (QED) is 0.222. The molecule has 0 bridgehead atoms. The molecule has 9 nitrogen and oxygen atoms in total. The number of methoxy groups -OCH3 is 2. The van der Waals surface area contributed by atoms with Gasteiger partial charge in [0.1, 0.15) is 11.6 Å². The van der Waals surface area contributed by atoms with Crippen LogP contribution in [0.1, 0.15) is 21.5 Å². The first-order valence-electron chi connectivity index (χ1n) is 9.51. The molecular weight excluding hydrogens is 414 g/mol. The lowest BCUT2D eigenvalue weighted by molar-refractivity contribution is -0.385. The van der Waals surface area contributed by atoms with Crippen molar-refractivity contribution in [2.24, 2.45) is 0 Å². The number of pyridine rings is 1. The van der Waals surface area contributed by atoms with Crippen LogP contribution < -0.4 is 14.8 Å². The summed E-state index contributed by atoms with van der Waals surface area (Å²) in [4.78, 5) is 27.7. The average Bonchev–Trinajstić information content (AvgIpc) is 2.82. The van der Waals surface area contributed by atoms with Gasteiger partial charge >= 0.3 is 5.69 Å². The fourth-order valence-corrected chi connectivity index (χ4v) is 3.01. The Morgan fingerprint density at radius 2 is 1.94 bits per heavy atom. The van der Waals surface area contributed by atoms with Crippen LogP contribution in [0.15, 0.2) is 60.8 Å². The van der Waals surface area contributed by atoms with Crippen molar-refractivity contribution in [2.75, 3.05) is 19.5 Å². The van der Waals surface area contributed by atoms with Gasteiger partial charge in [0.15, 0.2) is 11.5 Å². The Morgan fingerprint density at radius 1 is 1.16 bits per heavy atom. The number of anilines is 2. The van der Waals surface area contributed by atoms with Gasteiger partial charge in [-0.1, -0.05) is 18.2 Å². The van der Waals surface area contributed by atoms with Gasteiger partial charge in [-0.25, -0.2) is 4.98 Å². The Kier molecular flexibility index (Phi) is 7.14. The summed E-state index contributed by atoms with van der Waals surface area (Å²) in [6, 6.07) is 12.8. The van der Waals surface area contributed by atoms with Gasteiger partial charge in [-0.3, -0.25) is 14.9 Å². The van der Waals surface area contributed by atoms with Crippen LogP contribution >= 0.6 is 0 Å². The van der Waals surface area contributed by atoms with Crippen LogP contribution in [0, 0.1) is 10.1 Å². The van der Waals surface area contributed by atoms with E-state index >= 15 is 0 Å². The molecule has 0 atom stereocenters. The number of rotatable bonds is 9. The summed E-state index contributed by atoms with van der Waals surface area (Å²) in [6.07, 6.45) is 4.36. The molecule has 164 valence electrons. The number of aliphatic hydroxyl groups is 1. The number of aliphatic hydroxyl groups excluding tert-OH is 1. The van der Waals surface area contributed by atoms with E-state index in [9.17, 15) is 20.0 Å². The molecule has 0 aliphatic rings. The van der Waals surface area contributed by atoms with E-state index in [1.54, 1.807) is 42.6 Å². The van der Waals surface area contributed by atoms with Crippen molar-refractivity contribution >= 4 is 29.1 Å². The average molecular weight is 435 g/mol. The maximum Gasteiger partial charge on any atom is 0.311 e. The van der Waals surface area contributed by atoms with Crippen molar-refractivity contribution in [3.05, 3.63) is 87.6 Å². The molecule has 0 unspecified atom stereocenters. The van der Waals surface area contributed by atoms with E-state index in [-0.39, 0.29) is 23.8 Å². The number of carbonyl (C=O) groups is 1. The number of carbonyl (C=O) groups excluding carboxylic acids is 1. The Bertz CT molecular complexity index is 1180. The number of hydrogen-bond acceptors (Lipinski definition) is 8. The summed E-state index contributed by atoms with van der Waals surface area (Å²) in [6.45, 7) is -0.162. The molecule has 3 rings (SSSR count). The molecule has 1 heterocycles. The summed E-state index contributed by atoms with van der Waals surface area (Å²) in [5.41, 5.74) is 1.87. The molecule has 0 amide bonds. The SMILES string of the molecule is COc1cc(Nc2ncccc2C(=O)/C=C/c2ccc(OC)c([N+](=O)[O-])c2)ccc1CO. The van der Waals surface area contributed by atoms with E-state index in [0.717, 1.165) is 0 Å². The number of nitrogens with zero attached hydrogens (tertiary/aromatic N) is 2. The van der Waals surface area contributed by atoms with Gasteiger partial charge in [0, 0.05) is 29.6 Å². The zero-order valence-corrected chi connectivity index (χ0v) is 17.4. The van der Waals surface area contributed by atoms with Crippen LogP contribution in [0.25, 0.3) is 6.08 Å². The molecule has 0 aliphatic carbocycles. The zero-order valence-electron chi connectivity index (χ0n) is 17.4. The minimum atomic E-state index is -0.544. The first-order valence-corrected chi connectivity index (χ1v) is 9.51. The molecule has 0 saturated carbocycles. The highest BCUT2D eigenvalue weighted by atomic mass is 16.6. The molecule has 0 spiro atoms. The van der Waals surface area contributed by atoms with Gasteiger partial charge in [-0.05, 0) is 35.9 Å². The number of aromatic nitrogens is 1. The van der Waals surface area contributed by atoms with Gasteiger partial charge in [0.05, 0.1) is 31.3 Å². The minimum Gasteiger partial charge on any atom is -0.496 e. The number of nitro groups is 1. The van der Waals surface area contributed by atoms with Crippen LogP contribution in [-0.2, 0) is 6.61 Å². The monoisotopic (exact) mass is 435 g/mol. The van der Waals surface area contributed by atoms with Gasteiger partial charge in [0.25, 0.3) is 0 Å². The number of ether oxygens (including phenoxy) is 2. The summed E-state index contributed by atoms with van der Waals surface area (Å²) in [7, 11) is 2.85.